The molecule has 0 fully saturated rings. The van der Waals surface area contributed by atoms with Crippen LogP contribution in [0.25, 0.3) is 0 Å². The minimum Gasteiger partial charge on any atom is -0.374 e. The molecule has 0 saturated carbocycles. The fourth-order valence-electron chi connectivity index (χ4n) is 2.73. The first-order valence-corrected chi connectivity index (χ1v) is 7.57. The predicted octanol–water partition coefficient (Wildman–Crippen LogP) is 4.14. The summed E-state index contributed by atoms with van der Waals surface area (Å²) in [6.45, 7) is 12.9. The Labute approximate surface area is 109 Å². The first-order valence-electron chi connectivity index (χ1n) is 7.57. The molecule has 0 aromatic carbocycles. The van der Waals surface area contributed by atoms with Crippen LogP contribution in [0.5, 0.6) is 0 Å². The van der Waals surface area contributed by atoms with Gasteiger partial charge in [-0.05, 0) is 32.7 Å². The van der Waals surface area contributed by atoms with Gasteiger partial charge in [-0.2, -0.15) is 0 Å². The average Bonchev–Trinajstić information content (AvgIpc) is 2.35. The van der Waals surface area contributed by atoms with E-state index in [1.54, 1.807) is 0 Å². The molecule has 1 unspecified atom stereocenters. The van der Waals surface area contributed by atoms with Gasteiger partial charge in [0.15, 0.2) is 0 Å². The molecule has 104 valence electrons. The maximum absolute atomic E-state index is 6.11. The quantitative estimate of drug-likeness (QED) is 0.551. The zero-order valence-corrected chi connectivity index (χ0v) is 12.6. The van der Waals surface area contributed by atoms with Gasteiger partial charge in [0.2, 0.25) is 0 Å². The van der Waals surface area contributed by atoms with E-state index in [0.717, 1.165) is 26.0 Å². The fraction of sp³-hybridized carbons (Fsp3) is 1.00. The number of hydrogen-bond donors (Lipinski definition) is 1. The van der Waals surface area contributed by atoms with Crippen molar-refractivity contribution in [1.29, 1.82) is 0 Å². The van der Waals surface area contributed by atoms with Gasteiger partial charge in [0, 0.05) is 12.6 Å². The lowest BCUT2D eigenvalue weighted by atomic mass is 9.85. The largest absolute Gasteiger partial charge is 0.374 e. The van der Waals surface area contributed by atoms with Gasteiger partial charge in [-0.1, -0.05) is 47.0 Å². The molecule has 2 nitrogen and oxygen atoms in total. The van der Waals surface area contributed by atoms with Crippen molar-refractivity contribution in [3.63, 3.8) is 0 Å². The number of nitrogens with one attached hydrogen (secondary N) is 1. The van der Waals surface area contributed by atoms with E-state index in [1.165, 1.54) is 25.7 Å². The normalized spacial score (nSPS) is 13.9. The molecule has 0 amide bonds. The second-order valence-electron chi connectivity index (χ2n) is 4.81. The Hall–Kier alpha value is -0.0800. The van der Waals surface area contributed by atoms with E-state index in [0.29, 0.717) is 6.04 Å². The molecule has 0 aromatic rings. The van der Waals surface area contributed by atoms with Crippen molar-refractivity contribution in [3.8, 4) is 0 Å². The van der Waals surface area contributed by atoms with Crippen LogP contribution in [0.15, 0.2) is 0 Å². The van der Waals surface area contributed by atoms with E-state index in [9.17, 15) is 0 Å². The van der Waals surface area contributed by atoms with Crippen molar-refractivity contribution in [2.45, 2.75) is 84.8 Å². The maximum atomic E-state index is 6.11. The van der Waals surface area contributed by atoms with Gasteiger partial charge >= 0.3 is 0 Å². The highest BCUT2D eigenvalue weighted by Gasteiger charge is 2.35. The van der Waals surface area contributed by atoms with Gasteiger partial charge in [0.25, 0.3) is 0 Å². The van der Waals surface area contributed by atoms with E-state index in [4.69, 9.17) is 4.74 Å². The molecule has 0 aliphatic carbocycles. The van der Waals surface area contributed by atoms with E-state index in [2.05, 4.69) is 39.9 Å². The Kier molecular flexibility index (Phi) is 9.85. The molecule has 17 heavy (non-hydrogen) atoms. The number of rotatable bonds is 11. The van der Waals surface area contributed by atoms with Crippen LogP contribution in [0, 0.1) is 0 Å². The first kappa shape index (κ1) is 16.9. The van der Waals surface area contributed by atoms with E-state index >= 15 is 0 Å². The van der Waals surface area contributed by atoms with Crippen LogP contribution in [0.3, 0.4) is 0 Å². The average molecular weight is 243 g/mol. The van der Waals surface area contributed by atoms with Gasteiger partial charge < -0.3 is 10.1 Å². The van der Waals surface area contributed by atoms with Crippen LogP contribution >= 0.6 is 0 Å². The first-order chi connectivity index (χ1) is 8.20. The number of unbranched alkanes of at least 4 members (excludes halogenated alkanes) is 2. The SMILES string of the molecule is CCCCCC(NCC)C(CC)(CC)OCC. The van der Waals surface area contributed by atoms with E-state index in [-0.39, 0.29) is 5.60 Å². The molecule has 0 saturated heterocycles. The summed E-state index contributed by atoms with van der Waals surface area (Å²) in [5.41, 5.74) is 0.0402. The van der Waals surface area contributed by atoms with E-state index in [1.807, 2.05) is 0 Å². The van der Waals surface area contributed by atoms with Crippen molar-refractivity contribution in [1.82, 2.24) is 5.32 Å². The Balaban J connectivity index is 4.56. The molecule has 0 heterocycles. The van der Waals surface area contributed by atoms with E-state index < -0.39 is 0 Å². The summed E-state index contributed by atoms with van der Waals surface area (Å²) in [4.78, 5) is 0. The van der Waals surface area contributed by atoms with Crippen molar-refractivity contribution in [2.75, 3.05) is 13.2 Å². The molecule has 0 aromatic heterocycles. The molecule has 1 atom stereocenters. The number of ether oxygens (including phenoxy) is 1. The summed E-state index contributed by atoms with van der Waals surface area (Å²) >= 11 is 0. The Bertz CT molecular complexity index is 166. The molecule has 0 radical (unpaired) electrons. The van der Waals surface area contributed by atoms with Gasteiger partial charge in [-0.3, -0.25) is 0 Å². The molecule has 0 rings (SSSR count). The Morgan fingerprint density at radius 1 is 1.00 bits per heavy atom. The van der Waals surface area contributed by atoms with Crippen LogP contribution in [0.1, 0.15) is 73.1 Å². The van der Waals surface area contributed by atoms with Gasteiger partial charge in [0.05, 0.1) is 5.60 Å². The topological polar surface area (TPSA) is 21.3 Å². The minimum absolute atomic E-state index is 0.0402. The van der Waals surface area contributed by atoms with Crippen molar-refractivity contribution < 1.29 is 4.74 Å². The summed E-state index contributed by atoms with van der Waals surface area (Å²) in [5.74, 6) is 0. The molecule has 1 N–H and O–H groups in total. The lowest BCUT2D eigenvalue weighted by molar-refractivity contribution is -0.0738. The third-order valence-electron chi connectivity index (χ3n) is 3.81. The minimum atomic E-state index is 0.0402. The third kappa shape index (κ3) is 5.39. The molecular formula is C15H33NO. The lowest BCUT2D eigenvalue weighted by Crippen LogP contribution is -2.52. The highest BCUT2D eigenvalue weighted by Crippen LogP contribution is 2.28. The highest BCUT2D eigenvalue weighted by atomic mass is 16.5. The Morgan fingerprint density at radius 3 is 2.06 bits per heavy atom. The number of likely N-dealkylation sites (N-methyl/N-ethyl adjacent to an activating group) is 1. The molecule has 0 aliphatic rings. The maximum Gasteiger partial charge on any atom is 0.0829 e. The lowest BCUT2D eigenvalue weighted by Gasteiger charge is -2.40. The monoisotopic (exact) mass is 243 g/mol. The van der Waals surface area contributed by atoms with Crippen molar-refractivity contribution in [3.05, 3.63) is 0 Å². The summed E-state index contributed by atoms with van der Waals surface area (Å²) in [6, 6.07) is 0.508. The third-order valence-corrected chi connectivity index (χ3v) is 3.81. The fourth-order valence-corrected chi connectivity index (χ4v) is 2.73. The summed E-state index contributed by atoms with van der Waals surface area (Å²) in [6.07, 6.45) is 7.37. The van der Waals surface area contributed by atoms with Crippen LogP contribution in [0.2, 0.25) is 0 Å². The summed E-state index contributed by atoms with van der Waals surface area (Å²) in [7, 11) is 0. The standard InChI is InChI=1S/C15H33NO/c1-6-11-12-13-14(16-9-4)15(7-2,8-3)17-10-5/h14,16H,6-13H2,1-5H3. The van der Waals surface area contributed by atoms with Crippen molar-refractivity contribution >= 4 is 0 Å². The highest BCUT2D eigenvalue weighted by molar-refractivity contribution is 4.91. The van der Waals surface area contributed by atoms with Gasteiger partial charge in [-0.25, -0.2) is 0 Å². The second kappa shape index (κ2) is 9.90. The summed E-state index contributed by atoms with van der Waals surface area (Å²) in [5, 5.41) is 3.64. The van der Waals surface area contributed by atoms with Crippen LogP contribution in [0.4, 0.5) is 0 Å². The molecule has 0 aliphatic heterocycles. The molecule has 2 heteroatoms. The molecular weight excluding hydrogens is 210 g/mol. The van der Waals surface area contributed by atoms with Gasteiger partial charge in [-0.15, -0.1) is 0 Å². The van der Waals surface area contributed by atoms with Crippen LogP contribution in [-0.2, 0) is 4.74 Å². The van der Waals surface area contributed by atoms with Gasteiger partial charge in [0.1, 0.15) is 0 Å². The van der Waals surface area contributed by atoms with Crippen LogP contribution < -0.4 is 5.32 Å². The zero-order valence-electron chi connectivity index (χ0n) is 12.6. The predicted molar refractivity (Wildman–Crippen MR) is 76.5 cm³/mol. The number of hydrogen-bond acceptors (Lipinski definition) is 2. The van der Waals surface area contributed by atoms with Crippen LogP contribution in [-0.4, -0.2) is 24.8 Å². The molecule has 0 bridgehead atoms. The smallest absolute Gasteiger partial charge is 0.0829 e. The molecule has 0 spiro atoms. The Morgan fingerprint density at radius 2 is 1.65 bits per heavy atom. The van der Waals surface area contributed by atoms with Crippen molar-refractivity contribution in [2.24, 2.45) is 0 Å². The zero-order chi connectivity index (χ0) is 13.1. The summed E-state index contributed by atoms with van der Waals surface area (Å²) < 4.78 is 6.11. The second-order valence-corrected chi connectivity index (χ2v) is 4.81.